The van der Waals surface area contributed by atoms with Crippen LogP contribution in [0.3, 0.4) is 0 Å². The molecule has 0 saturated carbocycles. The van der Waals surface area contributed by atoms with Crippen LogP contribution in [0.2, 0.25) is 0 Å². The van der Waals surface area contributed by atoms with Gasteiger partial charge in [-0.25, -0.2) is 13.1 Å². The van der Waals surface area contributed by atoms with E-state index in [2.05, 4.69) is 4.72 Å². The first-order chi connectivity index (χ1) is 6.49. The van der Waals surface area contributed by atoms with E-state index in [4.69, 9.17) is 9.52 Å². The van der Waals surface area contributed by atoms with E-state index in [0.717, 1.165) is 0 Å². The highest BCUT2D eigenvalue weighted by atomic mass is 32.2. The Balaban J connectivity index is 2.49. The molecule has 0 aliphatic heterocycles. The molecule has 0 bridgehead atoms. The summed E-state index contributed by atoms with van der Waals surface area (Å²) in [5.41, 5.74) is 0. The van der Waals surface area contributed by atoms with Crippen LogP contribution in [-0.2, 0) is 21.4 Å². The molecule has 0 atom stereocenters. The third-order valence-corrected chi connectivity index (χ3v) is 2.57. The number of carboxylic acid groups (broad SMARTS) is 1. The van der Waals surface area contributed by atoms with Gasteiger partial charge in [0.05, 0.1) is 12.8 Å². The predicted octanol–water partition coefficient (Wildman–Crippen LogP) is -0.216. The molecule has 1 aromatic rings. The fraction of sp³-hybridized carbons (Fsp3) is 0.286. The summed E-state index contributed by atoms with van der Waals surface area (Å²) in [5.74, 6) is -1.90. The molecule has 14 heavy (non-hydrogen) atoms. The van der Waals surface area contributed by atoms with Crippen molar-refractivity contribution in [1.82, 2.24) is 4.72 Å². The van der Waals surface area contributed by atoms with Crippen molar-refractivity contribution in [1.29, 1.82) is 0 Å². The molecule has 1 rings (SSSR count). The smallest absolute Gasteiger partial charge is 0.320 e. The lowest BCUT2D eigenvalue weighted by Crippen LogP contribution is -2.29. The first-order valence-electron chi connectivity index (χ1n) is 3.71. The van der Waals surface area contributed by atoms with E-state index < -0.39 is 21.7 Å². The zero-order valence-electron chi connectivity index (χ0n) is 7.13. The number of hydrogen-bond donors (Lipinski definition) is 2. The lowest BCUT2D eigenvalue weighted by molar-refractivity contribution is -0.134. The molecule has 0 fully saturated rings. The summed E-state index contributed by atoms with van der Waals surface area (Å²) >= 11 is 0. The fourth-order valence-corrected chi connectivity index (χ4v) is 1.60. The SMILES string of the molecule is O=C(O)CS(=O)(=O)NCc1ccco1. The van der Waals surface area contributed by atoms with Crippen LogP contribution in [0.25, 0.3) is 0 Å². The van der Waals surface area contributed by atoms with Gasteiger partial charge in [-0.1, -0.05) is 0 Å². The van der Waals surface area contributed by atoms with Crippen molar-refractivity contribution < 1.29 is 22.7 Å². The highest BCUT2D eigenvalue weighted by molar-refractivity contribution is 7.90. The van der Waals surface area contributed by atoms with E-state index >= 15 is 0 Å². The molecule has 0 aliphatic carbocycles. The summed E-state index contributed by atoms with van der Waals surface area (Å²) in [4.78, 5) is 10.1. The maximum atomic E-state index is 11.0. The second-order valence-corrected chi connectivity index (χ2v) is 4.36. The molecule has 78 valence electrons. The van der Waals surface area contributed by atoms with Gasteiger partial charge in [-0.05, 0) is 12.1 Å². The average molecular weight is 219 g/mol. The first kappa shape index (κ1) is 10.7. The third kappa shape index (κ3) is 3.58. The first-order valence-corrected chi connectivity index (χ1v) is 5.36. The normalized spacial score (nSPS) is 11.4. The molecular formula is C7H9NO5S. The molecule has 1 aromatic heterocycles. The average Bonchev–Trinajstić information content (AvgIpc) is 2.50. The predicted molar refractivity (Wildman–Crippen MR) is 47.0 cm³/mol. The minimum absolute atomic E-state index is 0.0391. The molecule has 0 saturated heterocycles. The van der Waals surface area contributed by atoms with Gasteiger partial charge < -0.3 is 9.52 Å². The molecule has 0 unspecified atom stereocenters. The molecular weight excluding hydrogens is 210 g/mol. The Hall–Kier alpha value is -1.34. The van der Waals surface area contributed by atoms with E-state index in [1.807, 2.05) is 0 Å². The lowest BCUT2D eigenvalue weighted by atomic mass is 10.5. The van der Waals surface area contributed by atoms with Gasteiger partial charge in [0.25, 0.3) is 0 Å². The second kappa shape index (κ2) is 4.25. The van der Waals surface area contributed by atoms with Crippen LogP contribution in [0, 0.1) is 0 Å². The number of hydrogen-bond acceptors (Lipinski definition) is 4. The molecule has 1 heterocycles. The largest absolute Gasteiger partial charge is 0.480 e. The van der Waals surface area contributed by atoms with Crippen LogP contribution < -0.4 is 4.72 Å². The summed E-state index contributed by atoms with van der Waals surface area (Å²) in [6.45, 7) is -0.0391. The Labute approximate surface area is 80.6 Å². The van der Waals surface area contributed by atoms with Crippen LogP contribution in [0.15, 0.2) is 22.8 Å². The molecule has 6 nitrogen and oxygen atoms in total. The van der Waals surface area contributed by atoms with Crippen molar-refractivity contribution in [3.8, 4) is 0 Å². The van der Waals surface area contributed by atoms with Gasteiger partial charge in [0, 0.05) is 0 Å². The Morgan fingerprint density at radius 2 is 2.29 bits per heavy atom. The molecule has 2 N–H and O–H groups in total. The second-order valence-electron chi connectivity index (χ2n) is 2.55. The van der Waals surface area contributed by atoms with Crippen LogP contribution in [0.1, 0.15) is 5.76 Å². The maximum absolute atomic E-state index is 11.0. The number of nitrogens with one attached hydrogen (secondary N) is 1. The van der Waals surface area contributed by atoms with Gasteiger partial charge in [-0.2, -0.15) is 0 Å². The number of rotatable bonds is 5. The van der Waals surface area contributed by atoms with Gasteiger partial charge in [0.2, 0.25) is 10.0 Å². The Morgan fingerprint density at radius 3 is 2.79 bits per heavy atom. The minimum atomic E-state index is -3.77. The zero-order valence-corrected chi connectivity index (χ0v) is 7.95. The van der Waals surface area contributed by atoms with Crippen LogP contribution >= 0.6 is 0 Å². The Morgan fingerprint density at radius 1 is 1.57 bits per heavy atom. The van der Waals surface area contributed by atoms with E-state index in [0.29, 0.717) is 5.76 Å². The number of carbonyl (C=O) groups is 1. The molecule has 0 aliphatic rings. The third-order valence-electron chi connectivity index (χ3n) is 1.36. The maximum Gasteiger partial charge on any atom is 0.320 e. The van der Waals surface area contributed by atoms with Gasteiger partial charge >= 0.3 is 5.97 Å². The highest BCUT2D eigenvalue weighted by Gasteiger charge is 2.15. The quantitative estimate of drug-likeness (QED) is 0.713. The van der Waals surface area contributed by atoms with Gasteiger partial charge in [0.1, 0.15) is 5.76 Å². The van der Waals surface area contributed by atoms with Gasteiger partial charge in [-0.15, -0.1) is 0 Å². The molecule has 0 spiro atoms. The summed E-state index contributed by atoms with van der Waals surface area (Å²) in [5, 5.41) is 8.26. The van der Waals surface area contributed by atoms with Crippen molar-refractivity contribution in [3.05, 3.63) is 24.2 Å². The summed E-state index contributed by atoms with van der Waals surface area (Å²) in [6.07, 6.45) is 1.40. The number of aliphatic carboxylic acids is 1. The number of furan rings is 1. The molecule has 0 radical (unpaired) electrons. The molecule has 0 amide bonds. The van der Waals surface area contributed by atoms with E-state index in [9.17, 15) is 13.2 Å². The van der Waals surface area contributed by atoms with Gasteiger partial charge in [-0.3, -0.25) is 4.79 Å². The zero-order chi connectivity index (χ0) is 10.6. The topological polar surface area (TPSA) is 96.6 Å². The Bertz CT molecular complexity index is 394. The number of carboxylic acids is 1. The van der Waals surface area contributed by atoms with Crippen molar-refractivity contribution >= 4 is 16.0 Å². The van der Waals surface area contributed by atoms with Crippen molar-refractivity contribution in [2.75, 3.05) is 5.75 Å². The van der Waals surface area contributed by atoms with E-state index in [1.165, 1.54) is 6.26 Å². The minimum Gasteiger partial charge on any atom is -0.480 e. The lowest BCUT2D eigenvalue weighted by Gasteiger charge is -2.01. The molecule has 7 heteroatoms. The van der Waals surface area contributed by atoms with E-state index in [-0.39, 0.29) is 6.54 Å². The van der Waals surface area contributed by atoms with Crippen molar-refractivity contribution in [2.24, 2.45) is 0 Å². The van der Waals surface area contributed by atoms with Crippen molar-refractivity contribution in [3.63, 3.8) is 0 Å². The number of sulfonamides is 1. The summed E-state index contributed by atoms with van der Waals surface area (Å²) in [6, 6.07) is 3.20. The standard InChI is InChI=1S/C7H9NO5S/c9-7(10)5-14(11,12)8-4-6-2-1-3-13-6/h1-3,8H,4-5H2,(H,9,10). The van der Waals surface area contributed by atoms with E-state index in [1.54, 1.807) is 12.1 Å². The molecule has 0 aromatic carbocycles. The van der Waals surface area contributed by atoms with Crippen LogP contribution in [-0.4, -0.2) is 25.2 Å². The monoisotopic (exact) mass is 219 g/mol. The highest BCUT2D eigenvalue weighted by Crippen LogP contribution is 1.99. The summed E-state index contributed by atoms with van der Waals surface area (Å²) < 4.78 is 29.0. The summed E-state index contributed by atoms with van der Waals surface area (Å²) in [7, 11) is -3.77. The van der Waals surface area contributed by atoms with Crippen LogP contribution in [0.4, 0.5) is 0 Å². The van der Waals surface area contributed by atoms with Crippen molar-refractivity contribution in [2.45, 2.75) is 6.54 Å². The Kier molecular flexibility index (Phi) is 3.26. The van der Waals surface area contributed by atoms with Crippen LogP contribution in [0.5, 0.6) is 0 Å². The van der Waals surface area contributed by atoms with Gasteiger partial charge in [0.15, 0.2) is 5.75 Å². The fourth-order valence-electron chi connectivity index (χ4n) is 0.808.